The number of hydrogen-bond donors (Lipinski definition) is 2. The van der Waals surface area contributed by atoms with Crippen molar-refractivity contribution < 1.29 is 14.1 Å². The molecule has 1 aromatic carbocycles. The number of aryl methyl sites for hydroxylation is 1. The highest BCUT2D eigenvalue weighted by molar-refractivity contribution is 6.04. The van der Waals surface area contributed by atoms with Gasteiger partial charge in [0.25, 0.3) is 5.91 Å². The number of nitrogens with two attached hydrogens (primary N) is 1. The van der Waals surface area contributed by atoms with Gasteiger partial charge < -0.3 is 20.3 Å². The molecule has 1 aromatic heterocycles. The van der Waals surface area contributed by atoms with Crippen LogP contribution in [-0.4, -0.2) is 18.2 Å². The number of nitrogens with zero attached hydrogens (tertiary/aromatic N) is 1. The molecule has 0 atom stereocenters. The van der Waals surface area contributed by atoms with Crippen molar-refractivity contribution in [3.8, 4) is 5.75 Å². The van der Waals surface area contributed by atoms with Crippen LogP contribution in [0.15, 0.2) is 28.8 Å². The van der Waals surface area contributed by atoms with Crippen molar-refractivity contribution in [2.45, 2.75) is 6.92 Å². The third-order valence-electron chi connectivity index (χ3n) is 2.37. The van der Waals surface area contributed by atoms with E-state index in [-0.39, 0.29) is 5.91 Å². The van der Waals surface area contributed by atoms with Crippen molar-refractivity contribution >= 4 is 17.4 Å². The Morgan fingerprint density at radius 1 is 1.44 bits per heavy atom. The molecule has 6 heteroatoms. The molecule has 2 aromatic rings. The second kappa shape index (κ2) is 4.79. The van der Waals surface area contributed by atoms with Gasteiger partial charge in [0.1, 0.15) is 11.5 Å². The second-order valence-corrected chi connectivity index (χ2v) is 3.73. The molecule has 6 nitrogen and oxygen atoms in total. The molecule has 2 rings (SSSR count). The zero-order valence-corrected chi connectivity index (χ0v) is 10.1. The van der Waals surface area contributed by atoms with E-state index < -0.39 is 0 Å². The van der Waals surface area contributed by atoms with Crippen LogP contribution in [0.4, 0.5) is 11.5 Å². The number of nitrogen functional groups attached to an aromatic ring is 1. The molecule has 0 spiro atoms. The van der Waals surface area contributed by atoms with Crippen molar-refractivity contribution in [1.29, 1.82) is 0 Å². The van der Waals surface area contributed by atoms with Crippen molar-refractivity contribution in [3.63, 3.8) is 0 Å². The minimum absolute atomic E-state index is 0.304. The lowest BCUT2D eigenvalue weighted by atomic mass is 10.2. The van der Waals surface area contributed by atoms with Gasteiger partial charge in [-0.1, -0.05) is 5.16 Å². The molecule has 1 amide bonds. The molecule has 0 fully saturated rings. The van der Waals surface area contributed by atoms with Gasteiger partial charge in [-0.2, -0.15) is 0 Å². The molecular formula is C12H13N3O3. The minimum Gasteiger partial charge on any atom is -0.495 e. The summed E-state index contributed by atoms with van der Waals surface area (Å²) in [6.07, 6.45) is 0. The Morgan fingerprint density at radius 3 is 2.83 bits per heavy atom. The molecule has 0 unspecified atom stereocenters. The van der Waals surface area contributed by atoms with Crippen LogP contribution < -0.4 is 15.8 Å². The molecule has 0 radical (unpaired) electrons. The standard InChI is InChI=1S/C12H13N3O3/c1-7-5-11(15-18-7)14-12(16)8-3-4-9(13)10(6-8)17-2/h3-6H,13H2,1-2H3,(H,14,15,16). The summed E-state index contributed by atoms with van der Waals surface area (Å²) in [6.45, 7) is 1.74. The molecule has 0 aliphatic carbocycles. The topological polar surface area (TPSA) is 90.4 Å². The summed E-state index contributed by atoms with van der Waals surface area (Å²) in [7, 11) is 1.49. The maximum absolute atomic E-state index is 11.9. The van der Waals surface area contributed by atoms with Gasteiger partial charge in [-0.15, -0.1) is 0 Å². The fourth-order valence-electron chi connectivity index (χ4n) is 1.47. The largest absolute Gasteiger partial charge is 0.495 e. The molecule has 0 bridgehead atoms. The normalized spacial score (nSPS) is 10.1. The van der Waals surface area contributed by atoms with E-state index in [0.717, 1.165) is 0 Å². The van der Waals surface area contributed by atoms with E-state index >= 15 is 0 Å². The quantitative estimate of drug-likeness (QED) is 0.807. The summed E-state index contributed by atoms with van der Waals surface area (Å²) < 4.78 is 9.91. The number of hydrogen-bond acceptors (Lipinski definition) is 5. The van der Waals surface area contributed by atoms with Gasteiger partial charge in [-0.05, 0) is 25.1 Å². The zero-order chi connectivity index (χ0) is 13.1. The number of rotatable bonds is 3. The molecule has 0 aliphatic heterocycles. The highest BCUT2D eigenvalue weighted by atomic mass is 16.5. The van der Waals surface area contributed by atoms with Crippen LogP contribution in [0.3, 0.4) is 0 Å². The van der Waals surface area contributed by atoms with E-state index in [9.17, 15) is 4.79 Å². The third-order valence-corrected chi connectivity index (χ3v) is 2.37. The van der Waals surface area contributed by atoms with Crippen LogP contribution >= 0.6 is 0 Å². The first-order valence-corrected chi connectivity index (χ1v) is 5.28. The first-order valence-electron chi connectivity index (χ1n) is 5.28. The third kappa shape index (κ3) is 2.42. The SMILES string of the molecule is COc1cc(C(=O)Nc2cc(C)on2)ccc1N. The van der Waals surface area contributed by atoms with E-state index in [4.69, 9.17) is 15.0 Å². The Balaban J connectivity index is 2.18. The fraction of sp³-hybridized carbons (Fsp3) is 0.167. The molecule has 0 aliphatic rings. The van der Waals surface area contributed by atoms with Crippen LogP contribution in [0.1, 0.15) is 16.1 Å². The zero-order valence-electron chi connectivity index (χ0n) is 10.1. The average molecular weight is 247 g/mol. The smallest absolute Gasteiger partial charge is 0.257 e. The number of anilines is 2. The van der Waals surface area contributed by atoms with Gasteiger partial charge in [0, 0.05) is 11.6 Å². The summed E-state index contributed by atoms with van der Waals surface area (Å²) in [5, 5.41) is 6.29. The lowest BCUT2D eigenvalue weighted by Crippen LogP contribution is -2.12. The van der Waals surface area contributed by atoms with E-state index in [1.807, 2.05) is 0 Å². The monoisotopic (exact) mass is 247 g/mol. The summed E-state index contributed by atoms with van der Waals surface area (Å²) in [5.41, 5.74) is 6.58. The van der Waals surface area contributed by atoms with Crippen LogP contribution in [0, 0.1) is 6.92 Å². The van der Waals surface area contributed by atoms with Crippen molar-refractivity contribution in [3.05, 3.63) is 35.6 Å². The molecule has 1 heterocycles. The molecule has 94 valence electrons. The summed E-state index contributed by atoms with van der Waals surface area (Å²) >= 11 is 0. The van der Waals surface area contributed by atoms with Gasteiger partial charge in [0.2, 0.25) is 0 Å². The number of benzene rings is 1. The van der Waals surface area contributed by atoms with Crippen molar-refractivity contribution in [2.75, 3.05) is 18.2 Å². The van der Waals surface area contributed by atoms with Gasteiger partial charge in [0.15, 0.2) is 5.82 Å². The van der Waals surface area contributed by atoms with Gasteiger partial charge >= 0.3 is 0 Å². The average Bonchev–Trinajstić information content (AvgIpc) is 2.75. The molecular weight excluding hydrogens is 234 g/mol. The lowest BCUT2D eigenvalue weighted by molar-refractivity contribution is 0.102. The van der Waals surface area contributed by atoms with E-state index in [1.165, 1.54) is 7.11 Å². The molecule has 0 saturated heterocycles. The fourth-order valence-corrected chi connectivity index (χ4v) is 1.47. The summed E-state index contributed by atoms with van der Waals surface area (Å²) in [5.74, 6) is 1.15. The number of methoxy groups -OCH3 is 1. The van der Waals surface area contributed by atoms with Crippen LogP contribution in [0.5, 0.6) is 5.75 Å². The molecule has 0 saturated carbocycles. The van der Waals surface area contributed by atoms with Crippen LogP contribution in [0.25, 0.3) is 0 Å². The molecule has 18 heavy (non-hydrogen) atoms. The Bertz CT molecular complexity index is 578. The Labute approximate surface area is 104 Å². The number of ether oxygens (including phenoxy) is 1. The van der Waals surface area contributed by atoms with Crippen molar-refractivity contribution in [2.24, 2.45) is 0 Å². The summed E-state index contributed by atoms with van der Waals surface area (Å²) in [6, 6.07) is 6.42. The predicted molar refractivity (Wildman–Crippen MR) is 66.6 cm³/mol. The number of amides is 1. The Hall–Kier alpha value is -2.50. The Morgan fingerprint density at radius 2 is 2.22 bits per heavy atom. The van der Waals surface area contributed by atoms with Crippen LogP contribution in [0.2, 0.25) is 0 Å². The maximum Gasteiger partial charge on any atom is 0.257 e. The van der Waals surface area contributed by atoms with E-state index in [1.54, 1.807) is 31.2 Å². The number of nitrogens with one attached hydrogen (secondary N) is 1. The van der Waals surface area contributed by atoms with Gasteiger partial charge in [-0.3, -0.25) is 4.79 Å². The van der Waals surface area contributed by atoms with E-state index in [0.29, 0.717) is 28.6 Å². The number of aromatic nitrogens is 1. The van der Waals surface area contributed by atoms with Crippen LogP contribution in [-0.2, 0) is 0 Å². The van der Waals surface area contributed by atoms with E-state index in [2.05, 4.69) is 10.5 Å². The first-order chi connectivity index (χ1) is 8.60. The second-order valence-electron chi connectivity index (χ2n) is 3.73. The molecule has 3 N–H and O–H groups in total. The Kier molecular flexibility index (Phi) is 3.18. The number of carbonyl (C=O) groups is 1. The summed E-state index contributed by atoms with van der Waals surface area (Å²) in [4.78, 5) is 11.9. The highest BCUT2D eigenvalue weighted by Crippen LogP contribution is 2.22. The van der Waals surface area contributed by atoms with Gasteiger partial charge in [0.05, 0.1) is 12.8 Å². The predicted octanol–water partition coefficient (Wildman–Crippen LogP) is 1.83. The maximum atomic E-state index is 11.9. The highest BCUT2D eigenvalue weighted by Gasteiger charge is 2.11. The van der Waals surface area contributed by atoms with Gasteiger partial charge in [-0.25, -0.2) is 0 Å². The lowest BCUT2D eigenvalue weighted by Gasteiger charge is -2.06. The first kappa shape index (κ1) is 12.0. The minimum atomic E-state index is -0.304. The number of carbonyl (C=O) groups excluding carboxylic acids is 1. The van der Waals surface area contributed by atoms with Crippen molar-refractivity contribution in [1.82, 2.24) is 5.16 Å².